The summed E-state index contributed by atoms with van der Waals surface area (Å²) in [7, 11) is -1.68. The Hall–Kier alpha value is -2.01. The topological polar surface area (TPSA) is 124 Å². The van der Waals surface area contributed by atoms with Gasteiger partial charge in [0, 0.05) is 19.2 Å². The molecule has 2 rings (SSSR count). The molecule has 1 aromatic carbocycles. The van der Waals surface area contributed by atoms with Crippen molar-refractivity contribution in [2.75, 3.05) is 25.2 Å². The number of carbonyl (C=O) groups excluding carboxylic acids is 2. The van der Waals surface area contributed by atoms with Crippen molar-refractivity contribution in [2.45, 2.75) is 12.5 Å². The van der Waals surface area contributed by atoms with E-state index in [-0.39, 0.29) is 27.2 Å². The van der Waals surface area contributed by atoms with E-state index in [9.17, 15) is 28.1 Å². The smallest absolute Gasteiger partial charge is 0.338 e. The van der Waals surface area contributed by atoms with Crippen molar-refractivity contribution in [3.8, 4) is 0 Å². The van der Waals surface area contributed by atoms with Crippen molar-refractivity contribution >= 4 is 43.3 Å². The molecule has 0 aliphatic carbocycles. The standard InChI is InChI=1S/C14H15BrN2O7S/c1-16(10-4-5-25(22,23)8-10)13(18)7-24-14(19)9-2-3-11(15)12(6-9)17(20)21/h2-3,6,10H,4-5,7-8H2,1H3/t10-/m0/s1. The monoisotopic (exact) mass is 434 g/mol. The van der Waals surface area contributed by atoms with Crippen LogP contribution in [0.5, 0.6) is 0 Å². The van der Waals surface area contributed by atoms with Gasteiger partial charge in [0.15, 0.2) is 16.4 Å². The zero-order valence-corrected chi connectivity index (χ0v) is 15.6. The maximum absolute atomic E-state index is 12.0. The number of sulfone groups is 1. The van der Waals surface area contributed by atoms with Gasteiger partial charge in [0.2, 0.25) is 0 Å². The summed E-state index contributed by atoms with van der Waals surface area (Å²) in [6, 6.07) is 3.28. The first-order valence-corrected chi connectivity index (χ1v) is 9.79. The van der Waals surface area contributed by atoms with Crippen molar-refractivity contribution in [3.63, 3.8) is 0 Å². The molecule has 1 fully saturated rings. The minimum absolute atomic E-state index is 0.0254. The number of hydrogen-bond acceptors (Lipinski definition) is 7. The second kappa shape index (κ2) is 7.48. The molecule has 136 valence electrons. The third-order valence-corrected chi connectivity index (χ3v) is 6.28. The van der Waals surface area contributed by atoms with Gasteiger partial charge in [-0.3, -0.25) is 14.9 Å². The van der Waals surface area contributed by atoms with Gasteiger partial charge in [-0.05, 0) is 34.5 Å². The quantitative estimate of drug-likeness (QED) is 0.386. The fraction of sp³-hybridized carbons (Fsp3) is 0.429. The summed E-state index contributed by atoms with van der Waals surface area (Å²) in [4.78, 5) is 35.5. The molecule has 1 aromatic rings. The van der Waals surface area contributed by atoms with E-state index >= 15 is 0 Å². The van der Waals surface area contributed by atoms with E-state index in [2.05, 4.69) is 15.9 Å². The fourth-order valence-electron chi connectivity index (χ4n) is 2.38. The van der Waals surface area contributed by atoms with E-state index in [1.807, 2.05) is 0 Å². The highest BCUT2D eigenvalue weighted by atomic mass is 79.9. The van der Waals surface area contributed by atoms with Gasteiger partial charge in [-0.25, -0.2) is 13.2 Å². The van der Waals surface area contributed by atoms with Gasteiger partial charge >= 0.3 is 5.97 Å². The van der Waals surface area contributed by atoms with E-state index in [0.29, 0.717) is 6.42 Å². The van der Waals surface area contributed by atoms with Crippen LogP contribution < -0.4 is 0 Å². The zero-order chi connectivity index (χ0) is 18.8. The lowest BCUT2D eigenvalue weighted by Crippen LogP contribution is -2.40. The number of benzene rings is 1. The van der Waals surface area contributed by atoms with Gasteiger partial charge in [0.1, 0.15) is 0 Å². The molecule has 1 atom stereocenters. The Labute approximate surface area is 152 Å². The number of hydrogen-bond donors (Lipinski definition) is 0. The zero-order valence-electron chi connectivity index (χ0n) is 13.2. The van der Waals surface area contributed by atoms with Gasteiger partial charge in [0.25, 0.3) is 11.6 Å². The second-order valence-corrected chi connectivity index (χ2v) is 8.64. The molecule has 0 bridgehead atoms. The number of halogens is 1. The van der Waals surface area contributed by atoms with Gasteiger partial charge in [0.05, 0.1) is 26.5 Å². The number of esters is 1. The molecule has 25 heavy (non-hydrogen) atoms. The Kier molecular flexibility index (Phi) is 5.78. The molecular weight excluding hydrogens is 420 g/mol. The summed E-state index contributed by atoms with van der Waals surface area (Å²) >= 11 is 3.00. The fourth-order valence-corrected chi connectivity index (χ4v) is 4.54. The average Bonchev–Trinajstić information content (AvgIpc) is 2.91. The van der Waals surface area contributed by atoms with Crippen LogP contribution in [0.15, 0.2) is 22.7 Å². The Morgan fingerprint density at radius 3 is 2.68 bits per heavy atom. The number of nitro groups is 1. The summed E-state index contributed by atoms with van der Waals surface area (Å²) in [6.07, 6.45) is 0.345. The van der Waals surface area contributed by atoms with Crippen molar-refractivity contribution in [3.05, 3.63) is 38.3 Å². The van der Waals surface area contributed by atoms with Crippen molar-refractivity contribution in [1.82, 2.24) is 4.90 Å². The number of carbonyl (C=O) groups is 2. The Bertz CT molecular complexity index is 824. The second-order valence-electron chi connectivity index (χ2n) is 5.56. The summed E-state index contributed by atoms with van der Waals surface area (Å²) in [6.45, 7) is -0.574. The largest absolute Gasteiger partial charge is 0.452 e. The Morgan fingerprint density at radius 2 is 2.12 bits per heavy atom. The van der Waals surface area contributed by atoms with Crippen LogP contribution in [0, 0.1) is 10.1 Å². The lowest BCUT2D eigenvalue weighted by molar-refractivity contribution is -0.385. The van der Waals surface area contributed by atoms with Crippen molar-refractivity contribution in [2.24, 2.45) is 0 Å². The average molecular weight is 435 g/mol. The Morgan fingerprint density at radius 1 is 1.44 bits per heavy atom. The summed E-state index contributed by atoms with van der Waals surface area (Å²) in [5, 5.41) is 10.9. The minimum atomic E-state index is -3.14. The maximum atomic E-state index is 12.0. The molecule has 0 spiro atoms. The van der Waals surface area contributed by atoms with Gasteiger partial charge in [-0.15, -0.1) is 0 Å². The van der Waals surface area contributed by atoms with Crippen molar-refractivity contribution in [1.29, 1.82) is 0 Å². The van der Waals surface area contributed by atoms with Crippen LogP contribution in [-0.2, 0) is 19.4 Å². The molecule has 1 amide bonds. The van der Waals surface area contributed by atoms with Crippen LogP contribution in [-0.4, -0.2) is 61.3 Å². The number of nitrogens with zero attached hydrogens (tertiary/aromatic N) is 2. The predicted octanol–water partition coefficient (Wildman–Crippen LogP) is 1.16. The highest BCUT2D eigenvalue weighted by molar-refractivity contribution is 9.10. The van der Waals surface area contributed by atoms with E-state index in [1.165, 1.54) is 24.1 Å². The van der Waals surface area contributed by atoms with E-state index < -0.39 is 39.3 Å². The van der Waals surface area contributed by atoms with Gasteiger partial charge in [-0.2, -0.15) is 0 Å². The normalized spacial score (nSPS) is 18.6. The summed E-state index contributed by atoms with van der Waals surface area (Å²) in [5.41, 5.74) is -0.358. The third kappa shape index (κ3) is 4.75. The van der Waals surface area contributed by atoms with Gasteiger partial charge < -0.3 is 9.64 Å². The molecule has 1 saturated heterocycles. The first-order valence-electron chi connectivity index (χ1n) is 7.18. The summed E-state index contributed by atoms with van der Waals surface area (Å²) < 4.78 is 28.0. The molecule has 0 N–H and O–H groups in total. The lowest BCUT2D eigenvalue weighted by atomic mass is 10.2. The van der Waals surface area contributed by atoms with Crippen LogP contribution in [0.25, 0.3) is 0 Å². The first kappa shape index (κ1) is 19.3. The molecular formula is C14H15BrN2O7S. The van der Waals surface area contributed by atoms with Gasteiger partial charge in [-0.1, -0.05) is 0 Å². The summed E-state index contributed by atoms with van der Waals surface area (Å²) in [5.74, 6) is -1.50. The number of likely N-dealkylation sites (N-methyl/N-ethyl adjacent to an activating group) is 1. The SMILES string of the molecule is CN(C(=O)COC(=O)c1ccc(Br)c([N+](=O)[O-])c1)[C@H]1CCS(=O)(=O)C1. The molecule has 0 saturated carbocycles. The Balaban J connectivity index is 1.97. The van der Waals surface area contributed by atoms with E-state index in [1.54, 1.807) is 0 Å². The number of ether oxygens (including phenoxy) is 1. The third-order valence-electron chi connectivity index (χ3n) is 3.85. The highest BCUT2D eigenvalue weighted by Gasteiger charge is 2.33. The molecule has 9 nitrogen and oxygen atoms in total. The van der Waals surface area contributed by atoms with Crippen LogP contribution in [0.4, 0.5) is 5.69 Å². The molecule has 0 unspecified atom stereocenters. The number of amides is 1. The predicted molar refractivity (Wildman–Crippen MR) is 90.9 cm³/mol. The number of rotatable bonds is 5. The molecule has 11 heteroatoms. The molecule has 1 heterocycles. The van der Waals surface area contributed by atoms with E-state index in [4.69, 9.17) is 4.74 Å². The van der Waals surface area contributed by atoms with Crippen LogP contribution in [0.2, 0.25) is 0 Å². The molecule has 0 aromatic heterocycles. The van der Waals surface area contributed by atoms with Crippen LogP contribution >= 0.6 is 15.9 Å². The van der Waals surface area contributed by atoms with E-state index in [0.717, 1.165) is 6.07 Å². The first-order chi connectivity index (χ1) is 11.6. The highest BCUT2D eigenvalue weighted by Crippen LogP contribution is 2.26. The number of nitro benzene ring substituents is 1. The van der Waals surface area contributed by atoms with Crippen LogP contribution in [0.1, 0.15) is 16.8 Å². The van der Waals surface area contributed by atoms with Crippen LogP contribution in [0.3, 0.4) is 0 Å². The maximum Gasteiger partial charge on any atom is 0.338 e. The van der Waals surface area contributed by atoms with Crippen molar-refractivity contribution < 1.29 is 27.7 Å². The minimum Gasteiger partial charge on any atom is -0.452 e. The lowest BCUT2D eigenvalue weighted by Gasteiger charge is -2.23. The molecule has 1 aliphatic rings. The molecule has 0 radical (unpaired) electrons. The molecule has 1 aliphatic heterocycles.